The summed E-state index contributed by atoms with van der Waals surface area (Å²) in [5, 5.41) is 14.5. The molecule has 1 fully saturated rings. The minimum atomic E-state index is -4.66. The van der Waals surface area contributed by atoms with Crippen molar-refractivity contribution < 1.29 is 23.1 Å². The summed E-state index contributed by atoms with van der Waals surface area (Å²) in [6, 6.07) is 11.0. The normalized spacial score (nSPS) is 19.4. The van der Waals surface area contributed by atoms with E-state index in [9.17, 15) is 23.1 Å². The average Bonchev–Trinajstić information content (AvgIpc) is 2.93. The third-order valence-electron chi connectivity index (χ3n) is 8.13. The minimum absolute atomic E-state index is 0.0511. The first-order valence-corrected chi connectivity index (χ1v) is 13.7. The molecule has 4 N–H and O–H groups in total. The van der Waals surface area contributed by atoms with E-state index in [1.54, 1.807) is 0 Å². The molecule has 40 heavy (non-hydrogen) atoms. The van der Waals surface area contributed by atoms with Crippen LogP contribution < -0.4 is 11.1 Å². The quantitative estimate of drug-likeness (QED) is 0.314. The zero-order valence-corrected chi connectivity index (χ0v) is 23.1. The average molecular weight is 554 g/mol. The molecule has 0 radical (unpaired) electrons. The van der Waals surface area contributed by atoms with E-state index in [2.05, 4.69) is 30.1 Å². The topological polar surface area (TPSA) is 78.6 Å². The second-order valence-corrected chi connectivity index (χ2v) is 11.1. The van der Waals surface area contributed by atoms with Gasteiger partial charge >= 0.3 is 6.18 Å². The number of benzene rings is 2. The Kier molecular flexibility index (Phi) is 8.78. The summed E-state index contributed by atoms with van der Waals surface area (Å²) in [5.41, 5.74) is 6.08. The van der Waals surface area contributed by atoms with Crippen molar-refractivity contribution >= 4 is 22.9 Å². The molecule has 0 aromatic heterocycles. The molecule has 2 aliphatic carbocycles. The van der Waals surface area contributed by atoms with Crippen LogP contribution in [0, 0.1) is 11.8 Å². The van der Waals surface area contributed by atoms with Gasteiger partial charge in [-0.2, -0.15) is 13.2 Å². The number of carbonyl (C=O) groups excluding carboxylic acids is 1. The molecule has 2 atom stereocenters. The number of nitrogens with one attached hydrogen (secondary N) is 1. The molecular formula is C32H38F3N3O2. The van der Waals surface area contributed by atoms with Crippen LogP contribution in [0.2, 0.25) is 0 Å². The Labute approximate surface area is 234 Å². The van der Waals surface area contributed by atoms with Crippen molar-refractivity contribution in [3.8, 4) is 0 Å². The molecule has 2 aliphatic rings. The van der Waals surface area contributed by atoms with Gasteiger partial charge in [-0.3, -0.25) is 4.79 Å². The molecule has 214 valence electrons. The highest BCUT2D eigenvalue weighted by Gasteiger charge is 2.44. The summed E-state index contributed by atoms with van der Waals surface area (Å²) in [5.74, 6) is -0.787. The number of anilines is 2. The lowest BCUT2D eigenvalue weighted by atomic mass is 9.73. The minimum Gasteiger partial charge on any atom is -0.398 e. The van der Waals surface area contributed by atoms with Crippen LogP contribution in [0.15, 0.2) is 73.0 Å². The first kappa shape index (κ1) is 29.5. The molecule has 5 nitrogen and oxygen atoms in total. The van der Waals surface area contributed by atoms with E-state index in [-0.39, 0.29) is 23.9 Å². The van der Waals surface area contributed by atoms with Crippen LogP contribution in [0.5, 0.6) is 0 Å². The van der Waals surface area contributed by atoms with Crippen molar-refractivity contribution in [2.45, 2.75) is 56.7 Å². The Hall–Kier alpha value is -3.52. The zero-order valence-electron chi connectivity index (χ0n) is 23.1. The number of carbonyl (C=O) groups is 1. The van der Waals surface area contributed by atoms with Crippen molar-refractivity contribution in [3.05, 3.63) is 89.7 Å². The number of amides is 1. The van der Waals surface area contributed by atoms with E-state index in [0.29, 0.717) is 12.8 Å². The molecule has 0 spiro atoms. The predicted octanol–water partition coefficient (Wildman–Crippen LogP) is 6.82. The lowest BCUT2D eigenvalue weighted by Gasteiger charge is -2.37. The van der Waals surface area contributed by atoms with Gasteiger partial charge in [0.05, 0.1) is 5.56 Å². The van der Waals surface area contributed by atoms with E-state index >= 15 is 0 Å². The van der Waals surface area contributed by atoms with Crippen LogP contribution in [0.25, 0.3) is 5.57 Å². The number of nitrogens with two attached hydrogens (primary N) is 1. The molecule has 2 unspecified atom stereocenters. The summed E-state index contributed by atoms with van der Waals surface area (Å²) >= 11 is 0. The molecule has 2 aromatic carbocycles. The van der Waals surface area contributed by atoms with Gasteiger partial charge in [0.2, 0.25) is 0 Å². The van der Waals surface area contributed by atoms with Crippen LogP contribution in [0.4, 0.5) is 24.5 Å². The molecule has 0 bridgehead atoms. The molecule has 4 rings (SSSR count). The number of nitrogen functional groups attached to an aromatic ring is 1. The molecule has 0 aliphatic heterocycles. The highest BCUT2D eigenvalue weighted by molar-refractivity contribution is 5.98. The second kappa shape index (κ2) is 11.9. The smallest absolute Gasteiger partial charge is 0.398 e. The maximum atomic E-state index is 13.6. The molecule has 0 saturated heterocycles. The van der Waals surface area contributed by atoms with Crippen LogP contribution >= 0.6 is 0 Å². The molecule has 8 heteroatoms. The fourth-order valence-corrected chi connectivity index (χ4v) is 5.69. The Morgan fingerprint density at radius 1 is 1.12 bits per heavy atom. The Bertz CT molecular complexity index is 1310. The standard InChI is InChI=1S/C32H38F3N3O2/c1-21(38(2)3)23-12-14-24(15-13-23)25-9-7-8-22(18-25)20-31(40,26-10-5-4-6-11-26)30(39)37-27-16-17-29(36)28(19-27)32(33,34)35/h7-9,12,14-19,23,26,40H,1,4-6,10-11,13,20,36H2,2-3H3,(H,37,39). The van der Waals surface area contributed by atoms with Crippen molar-refractivity contribution in [2.75, 3.05) is 25.1 Å². The van der Waals surface area contributed by atoms with Crippen molar-refractivity contribution in [1.29, 1.82) is 0 Å². The van der Waals surface area contributed by atoms with Gasteiger partial charge in [-0.1, -0.05) is 68.3 Å². The fraction of sp³-hybridized carbons (Fsp3) is 0.406. The Morgan fingerprint density at radius 3 is 2.48 bits per heavy atom. The summed E-state index contributed by atoms with van der Waals surface area (Å²) in [4.78, 5) is 15.6. The summed E-state index contributed by atoms with van der Waals surface area (Å²) in [6.07, 6.45) is 6.73. The number of hydrogen-bond acceptors (Lipinski definition) is 4. The Morgan fingerprint density at radius 2 is 1.85 bits per heavy atom. The van der Waals surface area contributed by atoms with Crippen LogP contribution in [-0.2, 0) is 17.4 Å². The summed E-state index contributed by atoms with van der Waals surface area (Å²) in [7, 11) is 3.95. The number of aliphatic hydroxyl groups is 1. The summed E-state index contributed by atoms with van der Waals surface area (Å²) in [6.45, 7) is 4.16. The number of alkyl halides is 3. The Balaban J connectivity index is 1.58. The number of hydrogen-bond donors (Lipinski definition) is 3. The number of rotatable bonds is 8. The fourth-order valence-electron chi connectivity index (χ4n) is 5.69. The lowest BCUT2D eigenvalue weighted by Crippen LogP contribution is -2.51. The maximum absolute atomic E-state index is 13.6. The van der Waals surface area contributed by atoms with E-state index in [1.165, 1.54) is 6.07 Å². The highest BCUT2D eigenvalue weighted by Crippen LogP contribution is 2.38. The van der Waals surface area contributed by atoms with Gasteiger partial charge in [-0.25, -0.2) is 0 Å². The van der Waals surface area contributed by atoms with Gasteiger partial charge in [-0.15, -0.1) is 0 Å². The zero-order chi connectivity index (χ0) is 29.1. The third kappa shape index (κ3) is 6.61. The molecule has 0 heterocycles. The van der Waals surface area contributed by atoms with E-state index in [0.717, 1.165) is 60.2 Å². The first-order chi connectivity index (χ1) is 18.9. The van der Waals surface area contributed by atoms with Crippen molar-refractivity contribution in [2.24, 2.45) is 11.8 Å². The van der Waals surface area contributed by atoms with E-state index in [4.69, 9.17) is 5.73 Å². The van der Waals surface area contributed by atoms with Gasteiger partial charge in [-0.05, 0) is 60.1 Å². The van der Waals surface area contributed by atoms with Crippen LogP contribution in [0.3, 0.4) is 0 Å². The maximum Gasteiger partial charge on any atom is 0.418 e. The number of nitrogens with zero attached hydrogens (tertiary/aromatic N) is 1. The molecule has 1 saturated carbocycles. The third-order valence-corrected chi connectivity index (χ3v) is 8.13. The van der Waals surface area contributed by atoms with Gasteiger partial charge in [0.1, 0.15) is 5.60 Å². The number of allylic oxidation sites excluding steroid dienone is 4. The van der Waals surface area contributed by atoms with Gasteiger partial charge < -0.3 is 21.1 Å². The van der Waals surface area contributed by atoms with Gasteiger partial charge in [0.15, 0.2) is 0 Å². The second-order valence-electron chi connectivity index (χ2n) is 11.1. The largest absolute Gasteiger partial charge is 0.418 e. The van der Waals surface area contributed by atoms with Crippen molar-refractivity contribution in [3.63, 3.8) is 0 Å². The monoisotopic (exact) mass is 553 g/mol. The van der Waals surface area contributed by atoms with Crippen LogP contribution in [0.1, 0.15) is 55.2 Å². The number of halogens is 3. The van der Waals surface area contributed by atoms with Gasteiger partial charge in [0, 0.05) is 43.5 Å². The molecular weight excluding hydrogens is 515 g/mol. The van der Waals surface area contributed by atoms with E-state index in [1.807, 2.05) is 43.3 Å². The van der Waals surface area contributed by atoms with Crippen LogP contribution in [-0.4, -0.2) is 35.6 Å². The SMILES string of the molecule is C=C(C1C=CC(c2cccc(CC(O)(C(=O)Nc3ccc(N)c(C(F)(F)F)c3)C3CCCCC3)c2)=CC1)N(C)C. The predicted molar refractivity (Wildman–Crippen MR) is 154 cm³/mol. The van der Waals surface area contributed by atoms with Crippen molar-refractivity contribution in [1.82, 2.24) is 4.90 Å². The van der Waals surface area contributed by atoms with Gasteiger partial charge in [0.25, 0.3) is 5.91 Å². The highest BCUT2D eigenvalue weighted by atomic mass is 19.4. The molecule has 1 amide bonds. The van der Waals surface area contributed by atoms with E-state index < -0.39 is 28.9 Å². The first-order valence-electron chi connectivity index (χ1n) is 13.7. The lowest BCUT2D eigenvalue weighted by molar-refractivity contribution is -0.142. The summed E-state index contributed by atoms with van der Waals surface area (Å²) < 4.78 is 40.2. The molecule has 2 aromatic rings.